The summed E-state index contributed by atoms with van der Waals surface area (Å²) in [6.07, 6.45) is 57.8. The Morgan fingerprint density at radius 1 is 0.403 bits per heavy atom. The molecule has 3 atom stereocenters. The molecule has 0 rings (SSSR count). The molecule has 0 heterocycles. The van der Waals surface area contributed by atoms with Gasteiger partial charge in [0.1, 0.15) is 12.7 Å². The van der Waals surface area contributed by atoms with Crippen LogP contribution in [0.3, 0.4) is 0 Å². The number of hydrogen-bond acceptors (Lipinski definition) is 10. The molecule has 0 aliphatic heterocycles. The Morgan fingerprint density at radius 3 is 1.12 bits per heavy atom. The van der Waals surface area contributed by atoms with Crippen molar-refractivity contribution in [2.24, 2.45) is 0 Å². The maximum Gasteiger partial charge on any atom is 0.472 e. The number of allylic oxidation sites excluding steroid dienone is 8. The first kappa shape index (κ1) is 69.4. The van der Waals surface area contributed by atoms with Gasteiger partial charge in [0.2, 0.25) is 0 Å². The fourth-order valence-corrected chi connectivity index (χ4v) is 9.03. The van der Waals surface area contributed by atoms with Crippen LogP contribution >= 0.6 is 7.82 Å². The van der Waals surface area contributed by atoms with Gasteiger partial charge < -0.3 is 24.2 Å². The van der Waals surface area contributed by atoms with E-state index in [1.807, 2.05) is 0 Å². The molecule has 72 heavy (non-hydrogen) atoms. The van der Waals surface area contributed by atoms with Crippen LogP contribution in [0.4, 0.5) is 0 Å². The predicted octanol–water partition coefficient (Wildman–Crippen LogP) is 17.4. The minimum absolute atomic E-state index is 0.163. The molecule has 12 heteroatoms. The Hall–Kier alpha value is -2.56. The lowest BCUT2D eigenvalue weighted by Gasteiger charge is -2.21. The van der Waals surface area contributed by atoms with Gasteiger partial charge in [0.05, 0.1) is 19.8 Å². The van der Waals surface area contributed by atoms with Gasteiger partial charge in [0, 0.05) is 19.3 Å². The monoisotopic (exact) mass is 1040 g/mol. The van der Waals surface area contributed by atoms with E-state index in [1.165, 1.54) is 128 Å². The number of phosphoric ester groups is 1. The molecule has 0 aromatic carbocycles. The average molecular weight is 1040 g/mol. The predicted molar refractivity (Wildman–Crippen MR) is 298 cm³/mol. The van der Waals surface area contributed by atoms with Gasteiger partial charge in [-0.25, -0.2) is 4.57 Å². The number of ether oxygens (including phenoxy) is 3. The highest BCUT2D eigenvalue weighted by molar-refractivity contribution is 7.47. The van der Waals surface area contributed by atoms with Crippen molar-refractivity contribution in [1.29, 1.82) is 0 Å². The van der Waals surface area contributed by atoms with Gasteiger partial charge in [-0.05, 0) is 77.0 Å². The number of rotatable bonds is 55. The molecule has 2 N–H and O–H groups in total. The van der Waals surface area contributed by atoms with Crippen molar-refractivity contribution < 1.29 is 52.2 Å². The van der Waals surface area contributed by atoms with E-state index in [2.05, 4.69) is 69.4 Å². The lowest BCUT2D eigenvalue weighted by molar-refractivity contribution is -0.161. The number of carbonyl (C=O) groups is 3. The van der Waals surface area contributed by atoms with Crippen LogP contribution in [0.15, 0.2) is 48.6 Å². The van der Waals surface area contributed by atoms with E-state index in [4.69, 9.17) is 23.3 Å². The van der Waals surface area contributed by atoms with Crippen molar-refractivity contribution in [3.63, 3.8) is 0 Å². The van der Waals surface area contributed by atoms with Crippen LogP contribution in [0.25, 0.3) is 0 Å². The van der Waals surface area contributed by atoms with Crippen LogP contribution in [-0.4, -0.2) is 66.5 Å². The second-order valence-corrected chi connectivity index (χ2v) is 21.2. The van der Waals surface area contributed by atoms with E-state index in [-0.39, 0.29) is 25.9 Å². The molecule has 0 saturated carbocycles. The quantitative estimate of drug-likeness (QED) is 0.0197. The Morgan fingerprint density at radius 2 is 0.722 bits per heavy atom. The summed E-state index contributed by atoms with van der Waals surface area (Å²) in [5, 5.41) is 9.80. The van der Waals surface area contributed by atoms with Crippen LogP contribution in [0.2, 0.25) is 0 Å². The molecule has 11 nitrogen and oxygen atoms in total. The summed E-state index contributed by atoms with van der Waals surface area (Å²) in [5.41, 5.74) is 0. The van der Waals surface area contributed by atoms with Crippen LogP contribution in [0, 0.1) is 0 Å². The summed E-state index contributed by atoms with van der Waals surface area (Å²) in [6, 6.07) is 0. The highest BCUT2D eigenvalue weighted by atomic mass is 31.2. The zero-order valence-electron chi connectivity index (χ0n) is 46.4. The summed E-state index contributed by atoms with van der Waals surface area (Å²) >= 11 is 0. The highest BCUT2D eigenvalue weighted by Gasteiger charge is 2.28. The van der Waals surface area contributed by atoms with Crippen molar-refractivity contribution in [3.05, 3.63) is 48.6 Å². The number of aliphatic hydroxyl groups excluding tert-OH is 1. The summed E-state index contributed by atoms with van der Waals surface area (Å²) in [6.45, 7) is 4.53. The number of phosphoric acid groups is 1. The molecule has 0 saturated heterocycles. The topological polar surface area (TPSA) is 155 Å². The maximum atomic E-state index is 12.9. The zero-order valence-corrected chi connectivity index (χ0v) is 47.3. The maximum absolute atomic E-state index is 12.9. The number of unbranched alkanes of at least 4 members (excludes halogenated alkanes) is 30. The van der Waals surface area contributed by atoms with Crippen LogP contribution in [0.1, 0.15) is 278 Å². The van der Waals surface area contributed by atoms with E-state index in [0.29, 0.717) is 19.3 Å². The second-order valence-electron chi connectivity index (χ2n) is 19.8. The van der Waals surface area contributed by atoms with Gasteiger partial charge in [0.25, 0.3) is 0 Å². The minimum atomic E-state index is -4.75. The van der Waals surface area contributed by atoms with Gasteiger partial charge in [-0.15, -0.1) is 0 Å². The first-order chi connectivity index (χ1) is 35.2. The summed E-state index contributed by atoms with van der Waals surface area (Å²) in [5.74, 6) is -1.47. The Balaban J connectivity index is 4.71. The fraction of sp³-hybridized carbons (Fsp3) is 0.817. The molecule has 3 unspecified atom stereocenters. The molecular weight excluding hydrogens is 928 g/mol. The number of esters is 3. The third-order valence-electron chi connectivity index (χ3n) is 12.7. The average Bonchev–Trinajstić information content (AvgIpc) is 3.37. The SMILES string of the molecule is CC/C=C\C/C=C\C/C=C\CCCCCCCC(=O)OCC(COP(=O)(O)OCC(CO)OC(=O)CCCCCCCCCCCCC)OC(=O)CCCCCCCCCCC/C=C\CCCCCCCC. The van der Waals surface area contributed by atoms with Crippen LogP contribution in [-0.2, 0) is 42.2 Å². The van der Waals surface area contributed by atoms with Gasteiger partial charge in [-0.2, -0.15) is 0 Å². The van der Waals surface area contributed by atoms with Gasteiger partial charge in [-0.3, -0.25) is 23.4 Å². The first-order valence-corrected chi connectivity index (χ1v) is 31.0. The van der Waals surface area contributed by atoms with E-state index < -0.39 is 57.8 Å². The Kier molecular flexibility index (Phi) is 52.7. The Labute approximate surface area is 441 Å². The molecule has 0 fully saturated rings. The van der Waals surface area contributed by atoms with Gasteiger partial charge in [0.15, 0.2) is 6.10 Å². The molecule has 0 spiro atoms. The lowest BCUT2D eigenvalue weighted by atomic mass is 10.1. The van der Waals surface area contributed by atoms with E-state index in [9.17, 15) is 28.9 Å². The van der Waals surface area contributed by atoms with Gasteiger partial charge in [-0.1, -0.05) is 230 Å². The molecule has 0 amide bonds. The molecule has 420 valence electrons. The molecule has 0 aliphatic rings. The van der Waals surface area contributed by atoms with Gasteiger partial charge >= 0.3 is 25.7 Å². The van der Waals surface area contributed by atoms with Crippen molar-refractivity contribution >= 4 is 25.7 Å². The van der Waals surface area contributed by atoms with Crippen molar-refractivity contribution in [2.75, 3.05) is 26.4 Å². The molecule has 0 aliphatic carbocycles. The summed E-state index contributed by atoms with van der Waals surface area (Å²) in [7, 11) is -4.75. The van der Waals surface area contributed by atoms with E-state index in [0.717, 1.165) is 89.9 Å². The minimum Gasteiger partial charge on any atom is -0.462 e. The zero-order chi connectivity index (χ0) is 52.7. The van der Waals surface area contributed by atoms with Crippen molar-refractivity contribution in [1.82, 2.24) is 0 Å². The molecule has 0 radical (unpaired) electrons. The number of hydrogen-bond donors (Lipinski definition) is 2. The number of carbonyl (C=O) groups excluding carboxylic acids is 3. The lowest BCUT2D eigenvalue weighted by Crippen LogP contribution is -2.30. The van der Waals surface area contributed by atoms with Crippen molar-refractivity contribution in [2.45, 2.75) is 290 Å². The third-order valence-corrected chi connectivity index (χ3v) is 13.7. The van der Waals surface area contributed by atoms with E-state index >= 15 is 0 Å². The summed E-state index contributed by atoms with van der Waals surface area (Å²) in [4.78, 5) is 48.5. The number of aliphatic hydroxyl groups is 1. The third kappa shape index (κ3) is 52.3. The smallest absolute Gasteiger partial charge is 0.462 e. The first-order valence-electron chi connectivity index (χ1n) is 29.5. The molecule has 0 aromatic rings. The fourth-order valence-electron chi connectivity index (χ4n) is 8.25. The molecule has 0 bridgehead atoms. The molecular formula is C60H109O11P. The normalized spacial score (nSPS) is 13.7. The summed E-state index contributed by atoms with van der Waals surface area (Å²) < 4.78 is 39.5. The van der Waals surface area contributed by atoms with Crippen LogP contribution < -0.4 is 0 Å². The second kappa shape index (κ2) is 54.7. The largest absolute Gasteiger partial charge is 0.472 e. The van der Waals surface area contributed by atoms with Crippen LogP contribution in [0.5, 0.6) is 0 Å². The van der Waals surface area contributed by atoms with Crippen molar-refractivity contribution in [3.8, 4) is 0 Å². The standard InChI is InChI=1S/C60H109O11P/c1-4-7-10-13-16-19-22-24-26-27-28-29-31-33-36-39-42-45-48-51-60(64)71-57(53-67-58(62)49-46-43-40-37-35-32-30-25-23-20-17-14-11-8-5-2)55-69-72(65,66)68-54-56(52-61)70-59(63)50-47-44-41-38-34-21-18-15-12-9-6-3/h8,11,17,20,24-26,30,56-57,61H,4-7,9-10,12-16,18-19,21-23,27-29,31-55H2,1-3H3,(H,65,66)/b11-8-,20-17-,26-24-,30-25-. The Bertz CT molecular complexity index is 1400. The highest BCUT2D eigenvalue weighted by Crippen LogP contribution is 2.43. The van der Waals surface area contributed by atoms with E-state index in [1.54, 1.807) is 0 Å². The molecule has 0 aromatic heterocycles.